The highest BCUT2D eigenvalue weighted by Gasteiger charge is 2.39. The minimum Gasteiger partial charge on any atom is -0.388 e. The van der Waals surface area contributed by atoms with Crippen molar-refractivity contribution in [2.45, 2.75) is 55.8 Å². The molecule has 14 heteroatoms. The second kappa shape index (κ2) is 10.3. The van der Waals surface area contributed by atoms with E-state index < -0.39 is 39.0 Å². The van der Waals surface area contributed by atoms with Crippen LogP contribution in [0, 0.1) is 11.7 Å². The van der Waals surface area contributed by atoms with Gasteiger partial charge in [-0.15, -0.1) is 0 Å². The van der Waals surface area contributed by atoms with Gasteiger partial charge in [-0.1, -0.05) is 6.92 Å². The number of nitrogens with zero attached hydrogens (tertiary/aromatic N) is 3. The molecule has 3 atom stereocenters. The molecule has 2 fully saturated rings. The molecule has 0 radical (unpaired) electrons. The molecule has 1 aromatic carbocycles. The molecule has 2 aromatic rings. The fraction of sp³-hybridized carbons (Fsp3) is 0.565. The number of sulfonamides is 1. The minimum atomic E-state index is -4.74. The average molecular weight is 547 g/mol. The number of nitrogens with one attached hydrogen (secondary N) is 3. The third-order valence-electron chi connectivity index (χ3n) is 6.64. The van der Waals surface area contributed by atoms with Crippen molar-refractivity contribution in [3.05, 3.63) is 35.8 Å². The lowest BCUT2D eigenvalue weighted by Crippen LogP contribution is -2.48. The van der Waals surface area contributed by atoms with Crippen LogP contribution in [0.15, 0.2) is 29.3 Å². The number of anilines is 3. The van der Waals surface area contributed by atoms with Gasteiger partial charge in [-0.05, 0) is 63.4 Å². The van der Waals surface area contributed by atoms with Crippen LogP contribution in [0.5, 0.6) is 0 Å². The quantitative estimate of drug-likeness (QED) is 0.409. The van der Waals surface area contributed by atoms with Gasteiger partial charge in [-0.25, -0.2) is 22.5 Å². The Kier molecular flexibility index (Phi) is 7.66. The molecule has 0 aliphatic carbocycles. The molecule has 0 bridgehead atoms. The normalized spacial score (nSPS) is 25.2. The van der Waals surface area contributed by atoms with Crippen molar-refractivity contribution < 1.29 is 31.1 Å². The zero-order chi connectivity index (χ0) is 27.0. The maximum absolute atomic E-state index is 14.9. The molecule has 2 aliphatic rings. The van der Waals surface area contributed by atoms with E-state index in [0.29, 0.717) is 38.5 Å². The number of benzene rings is 1. The standard InChI is InChI=1S/C23H30F4N6O3S/c1-14-11-28-8-6-18(14)32-37(35,36)15-4-5-19(17(24)10-15)30-21-29-12-16(23(25,26)27)20(31-21)33-9-3-7-22(2,34)13-33/h4-5,10,12,14,18,28,32,34H,3,6-9,11,13H2,1-2H3,(H,29,30,31)/t14-,18+,22-/m0/s1. The lowest BCUT2D eigenvalue weighted by atomic mass is 9.95. The van der Waals surface area contributed by atoms with Gasteiger partial charge in [-0.3, -0.25) is 0 Å². The van der Waals surface area contributed by atoms with E-state index in [1.165, 1.54) is 17.0 Å². The Bertz CT molecular complexity index is 1240. The van der Waals surface area contributed by atoms with E-state index in [2.05, 4.69) is 25.3 Å². The highest BCUT2D eigenvalue weighted by Crippen LogP contribution is 2.38. The molecular weight excluding hydrogens is 516 g/mol. The molecule has 37 heavy (non-hydrogen) atoms. The highest BCUT2D eigenvalue weighted by molar-refractivity contribution is 7.89. The molecule has 3 heterocycles. The fourth-order valence-corrected chi connectivity index (χ4v) is 6.01. The van der Waals surface area contributed by atoms with Crippen LogP contribution in [0.3, 0.4) is 0 Å². The second-order valence-corrected chi connectivity index (χ2v) is 11.6. The van der Waals surface area contributed by atoms with Gasteiger partial charge < -0.3 is 20.6 Å². The summed E-state index contributed by atoms with van der Waals surface area (Å²) in [6, 6.07) is 2.92. The van der Waals surface area contributed by atoms with Gasteiger partial charge in [0.05, 0.1) is 16.2 Å². The first-order valence-electron chi connectivity index (χ1n) is 12.0. The average Bonchev–Trinajstić information content (AvgIpc) is 2.80. The number of β-amino-alcohol motifs (C(OH)–C–C–N with tert-alkyl or cyclic N) is 1. The summed E-state index contributed by atoms with van der Waals surface area (Å²) >= 11 is 0. The molecule has 2 saturated heterocycles. The molecule has 0 unspecified atom stereocenters. The minimum absolute atomic E-state index is 0.0592. The molecular formula is C23H30F4N6O3S. The number of hydrogen-bond acceptors (Lipinski definition) is 8. The summed E-state index contributed by atoms with van der Waals surface area (Å²) in [4.78, 5) is 8.75. The number of rotatable bonds is 6. The number of aliphatic hydroxyl groups is 1. The van der Waals surface area contributed by atoms with Crippen LogP contribution >= 0.6 is 0 Å². The summed E-state index contributed by atoms with van der Waals surface area (Å²) in [5, 5.41) is 16.1. The molecule has 9 nitrogen and oxygen atoms in total. The van der Waals surface area contributed by atoms with Gasteiger partial charge in [0, 0.05) is 25.3 Å². The smallest absolute Gasteiger partial charge is 0.388 e. The molecule has 0 saturated carbocycles. The van der Waals surface area contributed by atoms with E-state index in [0.717, 1.165) is 6.07 Å². The summed E-state index contributed by atoms with van der Waals surface area (Å²) in [5.41, 5.74) is -2.46. The van der Waals surface area contributed by atoms with E-state index >= 15 is 0 Å². The van der Waals surface area contributed by atoms with E-state index in [4.69, 9.17) is 0 Å². The zero-order valence-corrected chi connectivity index (χ0v) is 21.3. The maximum Gasteiger partial charge on any atom is 0.421 e. The Labute approximate surface area is 212 Å². The number of piperidine rings is 2. The first kappa shape index (κ1) is 27.5. The van der Waals surface area contributed by atoms with E-state index in [1.807, 2.05) is 6.92 Å². The topological polar surface area (TPSA) is 119 Å². The van der Waals surface area contributed by atoms with Crippen molar-refractivity contribution in [2.24, 2.45) is 5.92 Å². The van der Waals surface area contributed by atoms with Crippen LogP contribution in [0.1, 0.15) is 38.7 Å². The van der Waals surface area contributed by atoms with Crippen LogP contribution in [0.25, 0.3) is 0 Å². The maximum atomic E-state index is 14.9. The van der Waals surface area contributed by atoms with Crippen molar-refractivity contribution in [1.82, 2.24) is 20.0 Å². The molecule has 0 amide bonds. The molecule has 4 rings (SSSR count). The number of alkyl halides is 3. The molecule has 4 N–H and O–H groups in total. The SMILES string of the molecule is C[C@H]1CNCC[C@H]1NS(=O)(=O)c1ccc(Nc2ncc(C(F)(F)F)c(N3CCC[C@](C)(O)C3)n2)c(F)c1. The monoisotopic (exact) mass is 546 g/mol. The van der Waals surface area contributed by atoms with Gasteiger partial charge in [-0.2, -0.15) is 18.2 Å². The molecule has 204 valence electrons. The Morgan fingerprint density at radius 3 is 2.70 bits per heavy atom. The van der Waals surface area contributed by atoms with Crippen LogP contribution in [0.4, 0.5) is 35.0 Å². The Balaban J connectivity index is 1.57. The lowest BCUT2D eigenvalue weighted by Gasteiger charge is -2.38. The van der Waals surface area contributed by atoms with Crippen LogP contribution in [-0.4, -0.2) is 61.3 Å². The van der Waals surface area contributed by atoms with Crippen molar-refractivity contribution >= 4 is 27.5 Å². The second-order valence-electron chi connectivity index (χ2n) is 9.92. The Morgan fingerprint density at radius 2 is 2.05 bits per heavy atom. The van der Waals surface area contributed by atoms with E-state index in [1.54, 1.807) is 6.92 Å². The third kappa shape index (κ3) is 6.48. The molecule has 1 aromatic heterocycles. The summed E-state index contributed by atoms with van der Waals surface area (Å²) in [6.07, 6.45) is -2.63. The van der Waals surface area contributed by atoms with Crippen molar-refractivity contribution in [2.75, 3.05) is 36.4 Å². The lowest BCUT2D eigenvalue weighted by molar-refractivity contribution is -0.137. The summed E-state index contributed by atoms with van der Waals surface area (Å²) in [7, 11) is -3.99. The number of halogens is 4. The summed E-state index contributed by atoms with van der Waals surface area (Å²) < 4.78 is 84.1. The third-order valence-corrected chi connectivity index (χ3v) is 8.13. The van der Waals surface area contributed by atoms with E-state index in [-0.39, 0.29) is 41.6 Å². The van der Waals surface area contributed by atoms with Crippen molar-refractivity contribution in [1.29, 1.82) is 0 Å². The van der Waals surface area contributed by atoms with Crippen LogP contribution in [-0.2, 0) is 16.2 Å². The highest BCUT2D eigenvalue weighted by atomic mass is 32.2. The van der Waals surface area contributed by atoms with Gasteiger partial charge in [0.2, 0.25) is 16.0 Å². The predicted octanol–water partition coefficient (Wildman–Crippen LogP) is 3.01. The summed E-state index contributed by atoms with van der Waals surface area (Å²) in [6.45, 7) is 4.97. The number of hydrogen-bond donors (Lipinski definition) is 4. The predicted molar refractivity (Wildman–Crippen MR) is 130 cm³/mol. The first-order chi connectivity index (χ1) is 17.2. The van der Waals surface area contributed by atoms with Gasteiger partial charge in [0.25, 0.3) is 0 Å². The summed E-state index contributed by atoms with van der Waals surface area (Å²) in [5.74, 6) is -1.61. The largest absolute Gasteiger partial charge is 0.421 e. The van der Waals surface area contributed by atoms with Gasteiger partial charge in [0.1, 0.15) is 17.2 Å². The molecule has 0 spiro atoms. The first-order valence-corrected chi connectivity index (χ1v) is 13.4. The zero-order valence-electron chi connectivity index (χ0n) is 20.4. The van der Waals surface area contributed by atoms with Crippen LogP contribution < -0.4 is 20.3 Å². The fourth-order valence-electron chi connectivity index (χ4n) is 4.62. The Morgan fingerprint density at radius 1 is 1.30 bits per heavy atom. The van der Waals surface area contributed by atoms with Crippen molar-refractivity contribution in [3.8, 4) is 0 Å². The van der Waals surface area contributed by atoms with Gasteiger partial charge in [0.15, 0.2) is 0 Å². The van der Waals surface area contributed by atoms with Crippen LogP contribution in [0.2, 0.25) is 0 Å². The Hall–Kier alpha value is -2.55. The number of aromatic nitrogens is 2. The van der Waals surface area contributed by atoms with Crippen molar-refractivity contribution in [3.63, 3.8) is 0 Å². The van der Waals surface area contributed by atoms with E-state index in [9.17, 15) is 31.1 Å². The van der Waals surface area contributed by atoms with Gasteiger partial charge >= 0.3 is 6.18 Å². The molecule has 2 aliphatic heterocycles.